The van der Waals surface area contributed by atoms with Gasteiger partial charge < -0.3 is 9.30 Å². The first-order chi connectivity index (χ1) is 7.72. The zero-order chi connectivity index (χ0) is 11.5. The summed E-state index contributed by atoms with van der Waals surface area (Å²) in [5.41, 5.74) is 0. The van der Waals surface area contributed by atoms with Crippen LogP contribution in [0.4, 0.5) is 0 Å². The van der Waals surface area contributed by atoms with E-state index in [1.807, 2.05) is 17.8 Å². The Hall–Kier alpha value is -1.36. The van der Waals surface area contributed by atoms with Crippen molar-refractivity contribution in [2.75, 3.05) is 7.11 Å². The van der Waals surface area contributed by atoms with E-state index in [4.69, 9.17) is 4.74 Å². The molecule has 5 heteroatoms. The van der Waals surface area contributed by atoms with Gasteiger partial charge in [-0.1, -0.05) is 0 Å². The van der Waals surface area contributed by atoms with Gasteiger partial charge in [-0.3, -0.25) is 10.1 Å². The second-order valence-corrected chi connectivity index (χ2v) is 4.17. The summed E-state index contributed by atoms with van der Waals surface area (Å²) >= 11 is 0. The molecule has 1 aromatic heterocycles. The number of ether oxygens (including phenoxy) is 1. The number of esters is 1. The summed E-state index contributed by atoms with van der Waals surface area (Å²) in [4.78, 5) is 15.7. The molecule has 1 heterocycles. The van der Waals surface area contributed by atoms with Crippen LogP contribution in [-0.4, -0.2) is 28.7 Å². The molecule has 1 N–H and O–H groups in total. The molecule has 1 aromatic rings. The number of nitrogens with one attached hydrogen (secondary N) is 1. The number of hydrogen-bond donors (Lipinski definition) is 1. The molecule has 0 radical (unpaired) electrons. The van der Waals surface area contributed by atoms with Crippen LogP contribution in [0.1, 0.15) is 18.7 Å². The molecule has 16 heavy (non-hydrogen) atoms. The van der Waals surface area contributed by atoms with Crippen molar-refractivity contribution in [3.8, 4) is 0 Å². The number of carbonyl (C=O) groups excluding carboxylic acids is 1. The van der Waals surface area contributed by atoms with Crippen molar-refractivity contribution in [3.05, 3.63) is 18.2 Å². The van der Waals surface area contributed by atoms with Crippen LogP contribution in [0, 0.1) is 5.92 Å². The summed E-state index contributed by atoms with van der Waals surface area (Å²) in [5, 5.41) is 3.22. The fourth-order valence-corrected chi connectivity index (χ4v) is 1.77. The fourth-order valence-electron chi connectivity index (χ4n) is 1.77. The summed E-state index contributed by atoms with van der Waals surface area (Å²) in [7, 11) is 3.37. The molecule has 88 valence electrons. The molecule has 1 saturated carbocycles. The summed E-state index contributed by atoms with van der Waals surface area (Å²) in [6.45, 7) is 0.597. The van der Waals surface area contributed by atoms with Gasteiger partial charge in [-0.2, -0.15) is 0 Å². The number of aromatic nitrogens is 2. The van der Waals surface area contributed by atoms with Crippen LogP contribution in [0.5, 0.6) is 0 Å². The molecule has 0 aromatic carbocycles. The average molecular weight is 223 g/mol. The van der Waals surface area contributed by atoms with Gasteiger partial charge in [0.15, 0.2) is 0 Å². The van der Waals surface area contributed by atoms with Crippen LogP contribution in [0.2, 0.25) is 0 Å². The van der Waals surface area contributed by atoms with Gasteiger partial charge in [0.1, 0.15) is 11.9 Å². The van der Waals surface area contributed by atoms with Crippen molar-refractivity contribution < 1.29 is 9.53 Å². The number of nitrogens with zero attached hydrogens (tertiary/aromatic N) is 2. The molecular weight excluding hydrogens is 206 g/mol. The minimum absolute atomic E-state index is 0.170. The molecule has 1 atom stereocenters. The highest BCUT2D eigenvalue weighted by molar-refractivity contribution is 5.76. The first-order valence-electron chi connectivity index (χ1n) is 5.49. The third kappa shape index (κ3) is 2.41. The first kappa shape index (κ1) is 11.1. The average Bonchev–Trinajstić information content (AvgIpc) is 3.03. The van der Waals surface area contributed by atoms with E-state index >= 15 is 0 Å². The van der Waals surface area contributed by atoms with Crippen LogP contribution in [0.25, 0.3) is 0 Å². The number of aryl methyl sites for hydroxylation is 1. The molecule has 0 spiro atoms. The fraction of sp³-hybridized carbons (Fsp3) is 0.636. The van der Waals surface area contributed by atoms with E-state index in [1.54, 1.807) is 6.20 Å². The van der Waals surface area contributed by atoms with Crippen LogP contribution >= 0.6 is 0 Å². The normalized spacial score (nSPS) is 17.1. The molecule has 1 aliphatic rings. The summed E-state index contributed by atoms with van der Waals surface area (Å²) in [6, 6.07) is -0.179. The molecule has 1 fully saturated rings. The predicted molar refractivity (Wildman–Crippen MR) is 58.6 cm³/mol. The lowest BCUT2D eigenvalue weighted by atomic mass is 10.2. The van der Waals surface area contributed by atoms with Gasteiger partial charge >= 0.3 is 5.97 Å². The Balaban J connectivity index is 1.91. The SMILES string of the molecule is COC(=O)C(NCc1nccn1C)C1CC1. The minimum atomic E-state index is -0.179. The van der Waals surface area contributed by atoms with Gasteiger partial charge in [0.25, 0.3) is 0 Å². The highest BCUT2D eigenvalue weighted by Crippen LogP contribution is 2.33. The lowest BCUT2D eigenvalue weighted by Crippen LogP contribution is -2.39. The van der Waals surface area contributed by atoms with Gasteiger partial charge in [0, 0.05) is 19.4 Å². The van der Waals surface area contributed by atoms with E-state index in [0.717, 1.165) is 18.7 Å². The second-order valence-electron chi connectivity index (χ2n) is 4.17. The van der Waals surface area contributed by atoms with Crippen LogP contribution in [0.15, 0.2) is 12.4 Å². The largest absolute Gasteiger partial charge is 0.468 e. The van der Waals surface area contributed by atoms with Gasteiger partial charge in [-0.05, 0) is 18.8 Å². The molecule has 0 bridgehead atoms. The van der Waals surface area contributed by atoms with Crippen LogP contribution in [-0.2, 0) is 23.1 Å². The number of rotatable bonds is 5. The van der Waals surface area contributed by atoms with E-state index in [9.17, 15) is 4.79 Å². The standard InChI is InChI=1S/C11H17N3O2/c1-14-6-5-12-9(14)7-13-10(8-3-4-8)11(15)16-2/h5-6,8,10,13H,3-4,7H2,1-2H3. The zero-order valence-electron chi connectivity index (χ0n) is 9.64. The lowest BCUT2D eigenvalue weighted by Gasteiger charge is -2.15. The Labute approximate surface area is 94.8 Å². The maximum atomic E-state index is 11.5. The summed E-state index contributed by atoms with van der Waals surface area (Å²) in [6.07, 6.45) is 5.85. The Morgan fingerprint density at radius 1 is 1.75 bits per heavy atom. The Morgan fingerprint density at radius 3 is 3.00 bits per heavy atom. The quantitative estimate of drug-likeness (QED) is 0.737. The van der Waals surface area contributed by atoms with Crippen molar-refractivity contribution >= 4 is 5.97 Å². The third-order valence-corrected chi connectivity index (χ3v) is 2.95. The Kier molecular flexibility index (Phi) is 3.24. The summed E-state index contributed by atoms with van der Waals surface area (Å²) < 4.78 is 6.72. The second kappa shape index (κ2) is 4.65. The van der Waals surface area contributed by atoms with Gasteiger partial charge in [-0.25, -0.2) is 4.98 Å². The Morgan fingerprint density at radius 2 is 2.50 bits per heavy atom. The van der Waals surface area contributed by atoms with E-state index in [1.165, 1.54) is 7.11 Å². The molecule has 1 unspecified atom stereocenters. The highest BCUT2D eigenvalue weighted by atomic mass is 16.5. The molecule has 0 saturated heterocycles. The van der Waals surface area contributed by atoms with Gasteiger partial charge in [-0.15, -0.1) is 0 Å². The molecule has 5 nitrogen and oxygen atoms in total. The van der Waals surface area contributed by atoms with Crippen molar-refractivity contribution in [1.29, 1.82) is 0 Å². The highest BCUT2D eigenvalue weighted by Gasteiger charge is 2.36. The van der Waals surface area contributed by atoms with Crippen LogP contribution < -0.4 is 5.32 Å². The van der Waals surface area contributed by atoms with Crippen molar-refractivity contribution in [1.82, 2.24) is 14.9 Å². The van der Waals surface area contributed by atoms with Crippen LogP contribution in [0.3, 0.4) is 0 Å². The third-order valence-electron chi connectivity index (χ3n) is 2.95. The number of carbonyl (C=O) groups is 1. The lowest BCUT2D eigenvalue weighted by molar-refractivity contribution is -0.143. The molecule has 2 rings (SSSR count). The molecular formula is C11H17N3O2. The van der Waals surface area contributed by atoms with E-state index in [0.29, 0.717) is 12.5 Å². The van der Waals surface area contributed by atoms with E-state index in [-0.39, 0.29) is 12.0 Å². The topological polar surface area (TPSA) is 56.1 Å². The maximum Gasteiger partial charge on any atom is 0.323 e. The number of hydrogen-bond acceptors (Lipinski definition) is 4. The van der Waals surface area contributed by atoms with Crippen molar-refractivity contribution in [3.63, 3.8) is 0 Å². The van der Waals surface area contributed by atoms with Crippen molar-refractivity contribution in [2.24, 2.45) is 13.0 Å². The van der Waals surface area contributed by atoms with Crippen molar-refractivity contribution in [2.45, 2.75) is 25.4 Å². The van der Waals surface area contributed by atoms with Gasteiger partial charge in [0.05, 0.1) is 13.7 Å². The minimum Gasteiger partial charge on any atom is -0.468 e. The maximum absolute atomic E-state index is 11.5. The zero-order valence-corrected chi connectivity index (χ0v) is 9.64. The summed E-state index contributed by atoms with van der Waals surface area (Å²) in [5.74, 6) is 1.19. The van der Waals surface area contributed by atoms with E-state index < -0.39 is 0 Å². The Bertz CT molecular complexity index is 371. The molecule has 1 aliphatic carbocycles. The van der Waals surface area contributed by atoms with Gasteiger partial charge in [0.2, 0.25) is 0 Å². The predicted octanol–water partition coefficient (Wildman–Crippen LogP) is 0.461. The monoisotopic (exact) mass is 223 g/mol. The van der Waals surface area contributed by atoms with E-state index in [2.05, 4.69) is 10.3 Å². The first-order valence-corrected chi connectivity index (χ1v) is 5.49. The number of imidazole rings is 1. The number of methoxy groups -OCH3 is 1. The molecule has 0 amide bonds. The smallest absolute Gasteiger partial charge is 0.323 e. The molecule has 0 aliphatic heterocycles.